The monoisotopic (exact) mass is 998 g/mol. The largest absolute Gasteiger partial charge is 0.463 e. The van der Waals surface area contributed by atoms with Crippen molar-refractivity contribution in [3.63, 3.8) is 0 Å². The van der Waals surface area contributed by atoms with Gasteiger partial charge in [0.2, 0.25) is 18.0 Å². The molecule has 4 aliphatic carbocycles. The van der Waals surface area contributed by atoms with E-state index in [1.165, 1.54) is 39.2 Å². The topological polar surface area (TPSA) is 300 Å². The molecule has 0 saturated heterocycles. The molecule has 23 heteroatoms. The van der Waals surface area contributed by atoms with Gasteiger partial charge in [-0.05, 0) is 61.3 Å². The SMILES string of the molecule is CC(=O)NC[C@H](Oc1ccc(COC(=O)N(C)CCN(C)C(=O)OCC(=O)[C@@]2(O)CCC3C4CCC5=CC(=O)C=C[C@]5(C)C4C(=O)C[C@@]32C)cc1[N+](=O)[O-])OC(COC(C)=O)[C@H](COC(C)=O)OC(C)=O. The van der Waals surface area contributed by atoms with Crippen LogP contribution in [0.5, 0.6) is 5.75 Å². The van der Waals surface area contributed by atoms with Gasteiger partial charge in [0.15, 0.2) is 24.2 Å². The maximum absolute atomic E-state index is 13.9. The van der Waals surface area contributed by atoms with Crippen molar-refractivity contribution in [1.82, 2.24) is 15.1 Å². The molecule has 0 bridgehead atoms. The van der Waals surface area contributed by atoms with Crippen LogP contribution in [0.1, 0.15) is 79.2 Å². The van der Waals surface area contributed by atoms with Gasteiger partial charge in [-0.2, -0.15) is 0 Å². The summed E-state index contributed by atoms with van der Waals surface area (Å²) in [6.45, 7) is 5.31. The number of fused-ring (bicyclic) bond motifs is 5. The number of nitro benzene ring substituents is 1. The van der Waals surface area contributed by atoms with Crippen LogP contribution in [0, 0.1) is 38.7 Å². The zero-order valence-electron chi connectivity index (χ0n) is 41.1. The number of benzene rings is 1. The van der Waals surface area contributed by atoms with E-state index in [9.17, 15) is 58.4 Å². The van der Waals surface area contributed by atoms with Gasteiger partial charge in [0, 0.05) is 84.1 Å². The molecule has 4 unspecified atom stereocenters. The smallest absolute Gasteiger partial charge is 0.409 e. The fourth-order valence-electron chi connectivity index (χ4n) is 10.2. The van der Waals surface area contributed by atoms with Crippen LogP contribution < -0.4 is 10.1 Å². The van der Waals surface area contributed by atoms with E-state index >= 15 is 0 Å². The van der Waals surface area contributed by atoms with Crippen LogP contribution in [0.2, 0.25) is 0 Å². The van der Waals surface area contributed by atoms with Gasteiger partial charge in [-0.3, -0.25) is 43.7 Å². The molecule has 0 aromatic heterocycles. The Bertz CT molecular complexity index is 2350. The first-order valence-corrected chi connectivity index (χ1v) is 23.1. The maximum atomic E-state index is 13.9. The molecule has 23 nitrogen and oxygen atoms in total. The number of amides is 3. The lowest BCUT2D eigenvalue weighted by atomic mass is 9.46. The van der Waals surface area contributed by atoms with E-state index in [-0.39, 0.29) is 66.6 Å². The molecule has 388 valence electrons. The van der Waals surface area contributed by atoms with Crippen molar-refractivity contribution in [3.05, 3.63) is 57.7 Å². The summed E-state index contributed by atoms with van der Waals surface area (Å²) in [5, 5.41) is 26.7. The number of Topliss-reactive ketones (excluding diaryl/α,β-unsaturated/α-hetero) is 2. The molecular formula is C48H62N4O19. The second kappa shape index (κ2) is 23.0. The second-order valence-corrected chi connectivity index (χ2v) is 18.8. The number of esters is 3. The number of rotatable bonds is 21. The first kappa shape index (κ1) is 55.2. The van der Waals surface area contributed by atoms with E-state index in [1.54, 1.807) is 13.0 Å². The van der Waals surface area contributed by atoms with Crippen molar-refractivity contribution in [2.45, 2.75) is 104 Å². The number of nitro groups is 1. The Morgan fingerprint density at radius 2 is 1.52 bits per heavy atom. The number of carbonyl (C=O) groups excluding carboxylic acids is 9. The lowest BCUT2D eigenvalue weighted by molar-refractivity contribution is -0.386. The third-order valence-electron chi connectivity index (χ3n) is 13.9. The minimum atomic E-state index is -1.92. The molecular weight excluding hydrogens is 937 g/mol. The van der Waals surface area contributed by atoms with Crippen LogP contribution in [0.25, 0.3) is 0 Å². The molecule has 9 atom stereocenters. The normalized spacial score (nSPS) is 25.3. The molecule has 1 aromatic carbocycles. The maximum Gasteiger partial charge on any atom is 0.409 e. The summed E-state index contributed by atoms with van der Waals surface area (Å²) in [6.07, 6.45) is 0.711. The highest BCUT2D eigenvalue weighted by atomic mass is 16.7. The quantitative estimate of drug-likeness (QED) is 0.0587. The first-order valence-electron chi connectivity index (χ1n) is 23.1. The van der Waals surface area contributed by atoms with Gasteiger partial charge in [0.05, 0.1) is 11.5 Å². The number of hydrogen-bond donors (Lipinski definition) is 2. The Hall–Kier alpha value is -6.75. The summed E-state index contributed by atoms with van der Waals surface area (Å²) in [7, 11) is 2.76. The molecule has 0 spiro atoms. The molecule has 1 aromatic rings. The van der Waals surface area contributed by atoms with Gasteiger partial charge in [0.25, 0.3) is 0 Å². The average molecular weight is 999 g/mol. The van der Waals surface area contributed by atoms with Gasteiger partial charge in [0.1, 0.15) is 37.3 Å². The molecule has 71 heavy (non-hydrogen) atoms. The number of ketones is 3. The Balaban J connectivity index is 1.14. The second-order valence-electron chi connectivity index (χ2n) is 18.8. The molecule has 5 rings (SSSR count). The van der Waals surface area contributed by atoms with E-state index in [1.807, 2.05) is 13.0 Å². The van der Waals surface area contributed by atoms with Crippen LogP contribution in [-0.2, 0) is 68.6 Å². The summed E-state index contributed by atoms with van der Waals surface area (Å²) >= 11 is 0. The molecule has 2 N–H and O–H groups in total. The minimum absolute atomic E-state index is 0.0406. The van der Waals surface area contributed by atoms with Gasteiger partial charge in [-0.15, -0.1) is 0 Å². The van der Waals surface area contributed by atoms with Crippen LogP contribution >= 0.6 is 0 Å². The highest BCUT2D eigenvalue weighted by molar-refractivity contribution is 6.02. The zero-order chi connectivity index (χ0) is 52.6. The van der Waals surface area contributed by atoms with E-state index in [0.717, 1.165) is 42.2 Å². The number of allylic oxidation sites excluding steroid dienone is 4. The summed E-state index contributed by atoms with van der Waals surface area (Å²) in [5.74, 6) is -4.75. The number of nitrogens with zero attached hydrogens (tertiary/aromatic N) is 3. The number of carbonyl (C=O) groups is 9. The zero-order valence-corrected chi connectivity index (χ0v) is 41.1. The van der Waals surface area contributed by atoms with E-state index < -0.39 is 120 Å². The highest BCUT2D eigenvalue weighted by Crippen LogP contribution is 2.66. The van der Waals surface area contributed by atoms with Crippen molar-refractivity contribution in [2.75, 3.05) is 53.6 Å². The summed E-state index contributed by atoms with van der Waals surface area (Å²) in [5.41, 5.74) is -3.16. The van der Waals surface area contributed by atoms with Gasteiger partial charge in [-0.25, -0.2) is 9.59 Å². The summed E-state index contributed by atoms with van der Waals surface area (Å²) < 4.78 is 37.7. The van der Waals surface area contributed by atoms with Gasteiger partial charge in [-0.1, -0.05) is 31.6 Å². The number of nitrogens with one attached hydrogen (secondary N) is 1. The number of aliphatic hydroxyl groups is 1. The molecule has 0 radical (unpaired) electrons. The van der Waals surface area contributed by atoms with Crippen molar-refractivity contribution in [3.8, 4) is 5.75 Å². The van der Waals surface area contributed by atoms with E-state index in [4.69, 9.17) is 33.2 Å². The van der Waals surface area contributed by atoms with Crippen LogP contribution in [0.15, 0.2) is 42.0 Å². The van der Waals surface area contributed by atoms with Gasteiger partial charge < -0.3 is 53.4 Å². The van der Waals surface area contributed by atoms with Crippen LogP contribution in [-0.4, -0.2) is 151 Å². The predicted octanol–water partition coefficient (Wildman–Crippen LogP) is 3.30. The molecule has 0 aliphatic heterocycles. The molecule has 4 aliphatic rings. The Morgan fingerprint density at radius 1 is 0.887 bits per heavy atom. The summed E-state index contributed by atoms with van der Waals surface area (Å²) in [4.78, 5) is 127. The van der Waals surface area contributed by atoms with Crippen LogP contribution in [0.3, 0.4) is 0 Å². The fourth-order valence-corrected chi connectivity index (χ4v) is 10.2. The van der Waals surface area contributed by atoms with Crippen LogP contribution in [0.4, 0.5) is 15.3 Å². The van der Waals surface area contributed by atoms with Crippen molar-refractivity contribution < 1.29 is 86.3 Å². The third-order valence-corrected chi connectivity index (χ3v) is 13.9. The molecule has 0 heterocycles. The highest BCUT2D eigenvalue weighted by Gasteiger charge is 2.68. The van der Waals surface area contributed by atoms with Gasteiger partial charge >= 0.3 is 35.8 Å². The third kappa shape index (κ3) is 13.0. The minimum Gasteiger partial charge on any atom is -0.463 e. The molecule has 3 saturated carbocycles. The number of likely N-dealkylation sites (N-methyl/N-ethyl adjacent to an activating group) is 2. The van der Waals surface area contributed by atoms with Crippen molar-refractivity contribution in [1.29, 1.82) is 0 Å². The first-order chi connectivity index (χ1) is 33.3. The van der Waals surface area contributed by atoms with E-state index in [2.05, 4.69) is 5.32 Å². The Kier molecular flexibility index (Phi) is 17.9. The molecule has 3 fully saturated rings. The fraction of sp³-hybridized carbons (Fsp3) is 0.604. The summed E-state index contributed by atoms with van der Waals surface area (Å²) in [6, 6.07) is 3.59. The predicted molar refractivity (Wildman–Crippen MR) is 244 cm³/mol. The standard InChI is InChI=1S/C48H62N4O19/c1-27(53)49-22-42(71-40(25-66-29(3)55)39(69-30(4)56)24-65-28(2)54)70-38-12-9-31(19-36(38)52(63)64)23-67-44(60)50(7)17-18-51(8)45(61)68-26-41(59)48(62)16-14-35-34-11-10-32-20-33(57)13-15-46(32,5)43(34)37(58)21-47(35,48)6/h9,12-13,15,19-20,34-35,39-40,42-43,62H,10-11,14,16-18,21-26H2,1-8H3,(H,49,53)/t34?,35?,39-,40?,42+,43?,46-,47-,48-/m0/s1. The van der Waals surface area contributed by atoms with E-state index in [0.29, 0.717) is 19.3 Å². The van der Waals surface area contributed by atoms with Crippen molar-refractivity contribution in [2.24, 2.45) is 28.6 Å². The average Bonchev–Trinajstić information content (AvgIpc) is 3.57. The molecule has 3 amide bonds. The Labute approximate surface area is 409 Å². The lowest BCUT2D eigenvalue weighted by Gasteiger charge is -2.56. The number of hydrogen-bond acceptors (Lipinski definition) is 19. The Morgan fingerprint density at radius 3 is 2.13 bits per heavy atom. The van der Waals surface area contributed by atoms with Crippen molar-refractivity contribution >= 4 is 59.0 Å². The lowest BCUT2D eigenvalue weighted by Crippen LogP contribution is -2.60. The number of ether oxygens (including phenoxy) is 7.